The topological polar surface area (TPSA) is 74.5 Å². The number of rotatable bonds is 5. The zero-order chi connectivity index (χ0) is 23.4. The second kappa shape index (κ2) is 10.3. The standard InChI is InChI=1S/C25H17BrClN3O2S/c1-15-20(27)7-4-8-21(15)29-25-30-24(31)23(33-25)12-16-9-10-22(19(26)11-16)32-14-18-6-3-2-5-17(18)13-28/h2-12H,14H2,1H3,(H,29,30,31)/b23-12+. The van der Waals surface area contributed by atoms with Gasteiger partial charge in [0.15, 0.2) is 5.17 Å². The van der Waals surface area contributed by atoms with Crippen LogP contribution in [0.1, 0.15) is 22.3 Å². The number of hydrogen-bond acceptors (Lipinski definition) is 5. The van der Waals surface area contributed by atoms with E-state index in [4.69, 9.17) is 16.3 Å². The van der Waals surface area contributed by atoms with Crippen LogP contribution < -0.4 is 10.1 Å². The third-order valence-electron chi connectivity index (χ3n) is 4.89. The molecule has 0 atom stereocenters. The Kier molecular flexibility index (Phi) is 7.19. The van der Waals surface area contributed by atoms with E-state index in [0.29, 0.717) is 32.1 Å². The lowest BCUT2D eigenvalue weighted by atomic mass is 10.1. The molecular weight excluding hydrogens is 522 g/mol. The van der Waals surface area contributed by atoms with Gasteiger partial charge in [0.05, 0.1) is 26.7 Å². The number of carbonyl (C=O) groups is 1. The van der Waals surface area contributed by atoms with Crippen LogP contribution in [0.25, 0.3) is 6.08 Å². The average Bonchev–Trinajstić information content (AvgIpc) is 3.15. The van der Waals surface area contributed by atoms with Gasteiger partial charge in [-0.3, -0.25) is 4.79 Å². The van der Waals surface area contributed by atoms with Crippen molar-refractivity contribution in [1.82, 2.24) is 5.32 Å². The summed E-state index contributed by atoms with van der Waals surface area (Å²) in [7, 11) is 0. The molecule has 1 fully saturated rings. The molecule has 3 aromatic rings. The normalized spacial score (nSPS) is 15.5. The molecule has 8 heteroatoms. The first-order chi connectivity index (χ1) is 15.9. The number of carbonyl (C=O) groups excluding carboxylic acids is 1. The van der Waals surface area contributed by atoms with Crippen LogP contribution in [-0.4, -0.2) is 11.1 Å². The summed E-state index contributed by atoms with van der Waals surface area (Å²) in [6.07, 6.45) is 1.80. The largest absolute Gasteiger partial charge is 0.488 e. The summed E-state index contributed by atoms with van der Waals surface area (Å²) < 4.78 is 6.63. The fourth-order valence-electron chi connectivity index (χ4n) is 3.09. The highest BCUT2D eigenvalue weighted by molar-refractivity contribution is 9.10. The molecule has 0 aliphatic carbocycles. The van der Waals surface area contributed by atoms with E-state index in [2.05, 4.69) is 32.3 Å². The summed E-state index contributed by atoms with van der Waals surface area (Å²) >= 11 is 11.0. The molecule has 0 bridgehead atoms. The van der Waals surface area contributed by atoms with Crippen molar-refractivity contribution in [1.29, 1.82) is 5.26 Å². The number of nitrogens with one attached hydrogen (secondary N) is 1. The first-order valence-electron chi connectivity index (χ1n) is 9.89. The van der Waals surface area contributed by atoms with Gasteiger partial charge in [0.2, 0.25) is 0 Å². The van der Waals surface area contributed by atoms with E-state index < -0.39 is 0 Å². The molecule has 1 aliphatic rings. The van der Waals surface area contributed by atoms with Gasteiger partial charge < -0.3 is 10.1 Å². The summed E-state index contributed by atoms with van der Waals surface area (Å²) in [4.78, 5) is 17.5. The fourth-order valence-corrected chi connectivity index (χ4v) is 4.61. The smallest absolute Gasteiger partial charge is 0.264 e. The van der Waals surface area contributed by atoms with Gasteiger partial charge in [0, 0.05) is 10.6 Å². The predicted molar refractivity (Wildman–Crippen MR) is 137 cm³/mol. The molecule has 0 aromatic heterocycles. The molecule has 1 amide bonds. The van der Waals surface area contributed by atoms with E-state index in [1.807, 2.05) is 55.5 Å². The van der Waals surface area contributed by atoms with Crippen LogP contribution in [0.5, 0.6) is 5.75 Å². The number of benzene rings is 3. The number of amidine groups is 1. The zero-order valence-corrected chi connectivity index (χ0v) is 20.6. The van der Waals surface area contributed by atoms with Crippen LogP contribution in [0.4, 0.5) is 5.69 Å². The molecule has 1 heterocycles. The Morgan fingerprint density at radius 3 is 2.82 bits per heavy atom. The van der Waals surface area contributed by atoms with Gasteiger partial charge in [-0.2, -0.15) is 5.26 Å². The van der Waals surface area contributed by atoms with Gasteiger partial charge in [-0.15, -0.1) is 0 Å². The maximum Gasteiger partial charge on any atom is 0.264 e. The average molecular weight is 539 g/mol. The molecule has 3 aromatic carbocycles. The van der Waals surface area contributed by atoms with Crippen molar-refractivity contribution in [3.63, 3.8) is 0 Å². The van der Waals surface area contributed by atoms with Crippen LogP contribution >= 0.6 is 39.3 Å². The zero-order valence-electron chi connectivity index (χ0n) is 17.4. The van der Waals surface area contributed by atoms with Gasteiger partial charge in [0.1, 0.15) is 12.4 Å². The number of amides is 1. The molecule has 0 spiro atoms. The van der Waals surface area contributed by atoms with Crippen LogP contribution in [-0.2, 0) is 11.4 Å². The van der Waals surface area contributed by atoms with E-state index >= 15 is 0 Å². The van der Waals surface area contributed by atoms with Gasteiger partial charge >= 0.3 is 0 Å². The quantitative estimate of drug-likeness (QED) is 0.365. The molecule has 33 heavy (non-hydrogen) atoms. The SMILES string of the molecule is Cc1c(Cl)cccc1N=C1NC(=O)/C(=C\c2ccc(OCc3ccccc3C#N)c(Br)c2)S1. The molecule has 1 N–H and O–H groups in total. The maximum absolute atomic E-state index is 12.4. The maximum atomic E-state index is 12.4. The summed E-state index contributed by atoms with van der Waals surface area (Å²) in [5, 5.41) is 13.2. The number of nitriles is 1. The van der Waals surface area contributed by atoms with Gasteiger partial charge in [0.25, 0.3) is 5.91 Å². The summed E-state index contributed by atoms with van der Waals surface area (Å²) in [6, 6.07) is 20.6. The molecule has 1 aliphatic heterocycles. The minimum atomic E-state index is -0.206. The number of aliphatic imine (C=N–C) groups is 1. The molecule has 164 valence electrons. The molecule has 4 rings (SSSR count). The molecule has 0 unspecified atom stereocenters. The highest BCUT2D eigenvalue weighted by Crippen LogP contribution is 2.33. The Labute approximate surface area is 209 Å². The van der Waals surface area contributed by atoms with E-state index in [-0.39, 0.29) is 12.5 Å². The number of nitrogens with zero attached hydrogens (tertiary/aromatic N) is 2. The Balaban J connectivity index is 1.48. The monoisotopic (exact) mass is 537 g/mol. The van der Waals surface area contributed by atoms with Crippen LogP contribution in [0.15, 0.2) is 75.0 Å². The van der Waals surface area contributed by atoms with Crippen LogP contribution in [0, 0.1) is 18.3 Å². The predicted octanol–water partition coefficient (Wildman–Crippen LogP) is 6.75. The number of ether oxygens (including phenoxy) is 1. The molecule has 1 saturated heterocycles. The Morgan fingerprint density at radius 2 is 2.03 bits per heavy atom. The number of hydrogen-bond donors (Lipinski definition) is 1. The van der Waals surface area contributed by atoms with Crippen LogP contribution in [0.3, 0.4) is 0 Å². The second-order valence-corrected chi connectivity index (χ2v) is 9.41. The van der Waals surface area contributed by atoms with Crippen molar-refractivity contribution in [2.45, 2.75) is 13.5 Å². The Morgan fingerprint density at radius 1 is 1.21 bits per heavy atom. The van der Waals surface area contributed by atoms with Crippen molar-refractivity contribution < 1.29 is 9.53 Å². The van der Waals surface area contributed by atoms with E-state index in [0.717, 1.165) is 21.2 Å². The first kappa shape index (κ1) is 23.1. The lowest BCUT2D eigenvalue weighted by Gasteiger charge is -2.10. The summed E-state index contributed by atoms with van der Waals surface area (Å²) in [6.45, 7) is 2.17. The highest BCUT2D eigenvalue weighted by atomic mass is 79.9. The minimum Gasteiger partial charge on any atom is -0.488 e. The third-order valence-corrected chi connectivity index (χ3v) is 6.83. The molecule has 0 radical (unpaired) electrons. The number of halogens is 2. The Bertz CT molecular complexity index is 1350. The van der Waals surface area contributed by atoms with Gasteiger partial charge in [-0.25, -0.2) is 4.99 Å². The van der Waals surface area contributed by atoms with Crippen molar-refractivity contribution in [2.75, 3.05) is 0 Å². The lowest BCUT2D eigenvalue weighted by molar-refractivity contribution is -0.115. The summed E-state index contributed by atoms with van der Waals surface area (Å²) in [5.41, 5.74) is 3.82. The van der Waals surface area contributed by atoms with Gasteiger partial charge in [-0.05, 0) is 82.2 Å². The second-order valence-electron chi connectivity index (χ2n) is 7.11. The van der Waals surface area contributed by atoms with E-state index in [9.17, 15) is 10.1 Å². The van der Waals surface area contributed by atoms with Gasteiger partial charge in [-0.1, -0.05) is 41.9 Å². The highest BCUT2D eigenvalue weighted by Gasteiger charge is 2.24. The van der Waals surface area contributed by atoms with Crippen molar-refractivity contribution in [2.24, 2.45) is 4.99 Å². The summed E-state index contributed by atoms with van der Waals surface area (Å²) in [5.74, 6) is 0.440. The molecule has 0 saturated carbocycles. The minimum absolute atomic E-state index is 0.206. The first-order valence-corrected chi connectivity index (χ1v) is 11.9. The van der Waals surface area contributed by atoms with Crippen molar-refractivity contribution in [3.8, 4) is 11.8 Å². The fraction of sp³-hybridized carbons (Fsp3) is 0.0800. The van der Waals surface area contributed by atoms with Crippen molar-refractivity contribution >= 4 is 62.1 Å². The number of thioether (sulfide) groups is 1. The van der Waals surface area contributed by atoms with E-state index in [1.165, 1.54) is 11.8 Å². The Hall–Kier alpha value is -3.05. The lowest BCUT2D eigenvalue weighted by Crippen LogP contribution is -2.19. The van der Waals surface area contributed by atoms with Crippen LogP contribution in [0.2, 0.25) is 5.02 Å². The third kappa shape index (κ3) is 5.48. The van der Waals surface area contributed by atoms with Crippen molar-refractivity contribution in [3.05, 3.63) is 97.3 Å². The molecular formula is C25H17BrClN3O2S. The molecule has 5 nitrogen and oxygen atoms in total. The van der Waals surface area contributed by atoms with E-state index in [1.54, 1.807) is 18.2 Å².